The second-order valence-corrected chi connectivity index (χ2v) is 6.64. The molecule has 1 saturated carbocycles. The van der Waals surface area contributed by atoms with Crippen LogP contribution in [0.4, 0.5) is 0 Å². The van der Waals surface area contributed by atoms with Gasteiger partial charge >= 0.3 is 0 Å². The van der Waals surface area contributed by atoms with Gasteiger partial charge in [-0.3, -0.25) is 4.90 Å². The fourth-order valence-electron chi connectivity index (χ4n) is 3.62. The van der Waals surface area contributed by atoms with E-state index in [9.17, 15) is 5.26 Å². The van der Waals surface area contributed by atoms with E-state index in [1.165, 1.54) is 58.0 Å². The topological polar surface area (TPSA) is 27.0 Å². The Morgan fingerprint density at radius 2 is 1.83 bits per heavy atom. The molecule has 2 atom stereocenters. The standard InChI is InChI=1S/C16H28N2/c1-3-16(2)9-11-18(12-10-16)15-8-6-4-5-7-14(15)13-17/h14-15H,3-12H2,1-2H3. The maximum absolute atomic E-state index is 9.39. The lowest BCUT2D eigenvalue weighted by Gasteiger charge is -2.43. The van der Waals surface area contributed by atoms with E-state index in [0.29, 0.717) is 17.4 Å². The van der Waals surface area contributed by atoms with E-state index in [2.05, 4.69) is 24.8 Å². The second kappa shape index (κ2) is 6.06. The van der Waals surface area contributed by atoms with Gasteiger partial charge in [0.1, 0.15) is 0 Å². The minimum Gasteiger partial charge on any atom is -0.299 e. The quantitative estimate of drug-likeness (QED) is 0.691. The van der Waals surface area contributed by atoms with Crippen molar-refractivity contribution in [2.75, 3.05) is 13.1 Å². The van der Waals surface area contributed by atoms with E-state index >= 15 is 0 Å². The van der Waals surface area contributed by atoms with Crippen LogP contribution in [0.5, 0.6) is 0 Å². The molecule has 0 aromatic carbocycles. The Hall–Kier alpha value is -0.550. The van der Waals surface area contributed by atoms with E-state index in [1.807, 2.05) is 0 Å². The van der Waals surface area contributed by atoms with Gasteiger partial charge in [0, 0.05) is 6.04 Å². The lowest BCUT2D eigenvalue weighted by molar-refractivity contribution is 0.0628. The van der Waals surface area contributed by atoms with Crippen molar-refractivity contribution in [3.63, 3.8) is 0 Å². The number of nitrogens with zero attached hydrogens (tertiary/aromatic N) is 2. The maximum atomic E-state index is 9.39. The number of likely N-dealkylation sites (tertiary alicyclic amines) is 1. The molecular formula is C16H28N2. The lowest BCUT2D eigenvalue weighted by Crippen LogP contribution is -2.46. The average Bonchev–Trinajstić information content (AvgIpc) is 2.65. The molecular weight excluding hydrogens is 220 g/mol. The van der Waals surface area contributed by atoms with E-state index in [1.54, 1.807) is 0 Å². The first kappa shape index (κ1) is 13.9. The molecule has 0 spiro atoms. The molecule has 1 aliphatic heterocycles. The molecule has 0 radical (unpaired) electrons. The number of hydrogen-bond donors (Lipinski definition) is 0. The van der Waals surface area contributed by atoms with Gasteiger partial charge in [0.2, 0.25) is 0 Å². The molecule has 2 rings (SSSR count). The van der Waals surface area contributed by atoms with Crippen LogP contribution in [0.1, 0.15) is 65.2 Å². The molecule has 0 bridgehead atoms. The molecule has 2 fully saturated rings. The zero-order chi connectivity index (χ0) is 13.0. The van der Waals surface area contributed by atoms with Crippen molar-refractivity contribution in [1.82, 2.24) is 4.90 Å². The Morgan fingerprint density at radius 1 is 1.17 bits per heavy atom. The van der Waals surface area contributed by atoms with Crippen molar-refractivity contribution in [2.24, 2.45) is 11.3 Å². The first-order valence-electron chi connectivity index (χ1n) is 7.82. The van der Waals surface area contributed by atoms with Crippen molar-refractivity contribution in [3.8, 4) is 6.07 Å². The second-order valence-electron chi connectivity index (χ2n) is 6.64. The van der Waals surface area contributed by atoms with E-state index in [0.717, 1.165) is 6.42 Å². The summed E-state index contributed by atoms with van der Waals surface area (Å²) < 4.78 is 0. The maximum Gasteiger partial charge on any atom is 0.0672 e. The zero-order valence-electron chi connectivity index (χ0n) is 12.1. The predicted molar refractivity (Wildman–Crippen MR) is 75.2 cm³/mol. The summed E-state index contributed by atoms with van der Waals surface area (Å²) in [5.74, 6) is 0.290. The summed E-state index contributed by atoms with van der Waals surface area (Å²) in [7, 11) is 0. The Labute approximate surface area is 112 Å². The molecule has 1 aliphatic carbocycles. The molecule has 2 unspecified atom stereocenters. The third-order valence-electron chi connectivity index (χ3n) is 5.47. The fraction of sp³-hybridized carbons (Fsp3) is 0.938. The minimum atomic E-state index is 0.290. The summed E-state index contributed by atoms with van der Waals surface area (Å²) in [5.41, 5.74) is 0.559. The summed E-state index contributed by atoms with van der Waals surface area (Å²) in [6.07, 6.45) is 10.2. The van der Waals surface area contributed by atoms with Crippen LogP contribution in [0.25, 0.3) is 0 Å². The van der Waals surface area contributed by atoms with Crippen LogP contribution in [-0.4, -0.2) is 24.0 Å². The third kappa shape index (κ3) is 3.06. The van der Waals surface area contributed by atoms with Crippen LogP contribution < -0.4 is 0 Å². The van der Waals surface area contributed by atoms with Crippen LogP contribution in [0.2, 0.25) is 0 Å². The Morgan fingerprint density at radius 3 is 2.44 bits per heavy atom. The van der Waals surface area contributed by atoms with Crippen molar-refractivity contribution in [2.45, 2.75) is 71.3 Å². The highest BCUT2D eigenvalue weighted by Crippen LogP contribution is 2.37. The van der Waals surface area contributed by atoms with Gasteiger partial charge in [-0.25, -0.2) is 0 Å². The monoisotopic (exact) mass is 248 g/mol. The van der Waals surface area contributed by atoms with E-state index < -0.39 is 0 Å². The van der Waals surface area contributed by atoms with Crippen molar-refractivity contribution in [1.29, 1.82) is 5.26 Å². The summed E-state index contributed by atoms with van der Waals surface area (Å²) in [6, 6.07) is 3.14. The molecule has 0 amide bonds. The molecule has 2 nitrogen and oxygen atoms in total. The van der Waals surface area contributed by atoms with Crippen molar-refractivity contribution < 1.29 is 0 Å². The molecule has 102 valence electrons. The third-order valence-corrected chi connectivity index (χ3v) is 5.47. The van der Waals surface area contributed by atoms with Gasteiger partial charge in [-0.2, -0.15) is 5.26 Å². The zero-order valence-corrected chi connectivity index (χ0v) is 12.1. The summed E-state index contributed by atoms with van der Waals surface area (Å²) in [6.45, 7) is 7.18. The van der Waals surface area contributed by atoms with Crippen LogP contribution >= 0.6 is 0 Å². The highest BCUT2D eigenvalue weighted by Gasteiger charge is 2.34. The Balaban J connectivity index is 1.96. The predicted octanol–water partition coefficient (Wildman–Crippen LogP) is 3.97. The first-order valence-corrected chi connectivity index (χ1v) is 7.82. The van der Waals surface area contributed by atoms with Gasteiger partial charge in [-0.05, 0) is 44.2 Å². The van der Waals surface area contributed by atoms with Gasteiger partial charge in [-0.1, -0.05) is 39.5 Å². The average molecular weight is 248 g/mol. The lowest BCUT2D eigenvalue weighted by atomic mass is 9.77. The fourth-order valence-corrected chi connectivity index (χ4v) is 3.62. The summed E-state index contributed by atoms with van der Waals surface area (Å²) in [5, 5.41) is 9.39. The summed E-state index contributed by atoms with van der Waals surface area (Å²) in [4.78, 5) is 2.64. The number of rotatable bonds is 2. The molecule has 2 heteroatoms. The van der Waals surface area contributed by atoms with E-state index in [-0.39, 0.29) is 0 Å². The molecule has 1 heterocycles. The van der Waals surface area contributed by atoms with Gasteiger partial charge in [0.15, 0.2) is 0 Å². The van der Waals surface area contributed by atoms with Crippen molar-refractivity contribution in [3.05, 3.63) is 0 Å². The Kier molecular flexibility index (Phi) is 4.67. The smallest absolute Gasteiger partial charge is 0.0672 e. The molecule has 2 aliphatic rings. The highest BCUT2D eigenvalue weighted by atomic mass is 15.2. The molecule has 0 aromatic rings. The van der Waals surface area contributed by atoms with Crippen LogP contribution in [0, 0.1) is 22.7 Å². The van der Waals surface area contributed by atoms with Crippen LogP contribution in [-0.2, 0) is 0 Å². The molecule has 1 saturated heterocycles. The number of hydrogen-bond acceptors (Lipinski definition) is 2. The van der Waals surface area contributed by atoms with Crippen molar-refractivity contribution >= 4 is 0 Å². The first-order chi connectivity index (χ1) is 8.68. The van der Waals surface area contributed by atoms with Gasteiger partial charge < -0.3 is 0 Å². The van der Waals surface area contributed by atoms with Gasteiger partial charge in [0.05, 0.1) is 12.0 Å². The molecule has 0 aromatic heterocycles. The molecule has 0 N–H and O–H groups in total. The normalized spacial score (nSPS) is 33.6. The molecule has 18 heavy (non-hydrogen) atoms. The summed E-state index contributed by atoms with van der Waals surface area (Å²) >= 11 is 0. The number of piperidine rings is 1. The minimum absolute atomic E-state index is 0.290. The van der Waals surface area contributed by atoms with Crippen LogP contribution in [0.15, 0.2) is 0 Å². The SMILES string of the molecule is CCC1(C)CCN(C2CCCCCC2C#N)CC1. The van der Waals surface area contributed by atoms with E-state index in [4.69, 9.17) is 0 Å². The van der Waals surface area contributed by atoms with Gasteiger partial charge in [-0.15, -0.1) is 0 Å². The highest BCUT2D eigenvalue weighted by molar-refractivity contribution is 4.96. The van der Waals surface area contributed by atoms with Crippen LogP contribution in [0.3, 0.4) is 0 Å². The van der Waals surface area contributed by atoms with Gasteiger partial charge in [0.25, 0.3) is 0 Å². The Bertz CT molecular complexity index is 297. The largest absolute Gasteiger partial charge is 0.299 e. The number of nitriles is 1.